The maximum absolute atomic E-state index is 12.7. The topological polar surface area (TPSA) is 71.3 Å². The number of nitrogens with one attached hydrogen (secondary N) is 2. The molecule has 0 bridgehead atoms. The molecule has 0 unspecified atom stereocenters. The molecule has 0 aliphatic rings. The summed E-state index contributed by atoms with van der Waals surface area (Å²) in [6.45, 7) is 6.39. The molecule has 3 aromatic carbocycles. The lowest BCUT2D eigenvalue weighted by Gasteiger charge is -2.19. The van der Waals surface area contributed by atoms with Gasteiger partial charge >= 0.3 is 0 Å². The molecule has 2 N–H and O–H groups in total. The van der Waals surface area contributed by atoms with Crippen molar-refractivity contribution in [3.8, 4) is 11.3 Å². The Morgan fingerprint density at radius 3 is 2.17 bits per heavy atom. The molecule has 0 spiro atoms. The molecule has 2 amide bonds. The summed E-state index contributed by atoms with van der Waals surface area (Å²) in [7, 11) is 0. The lowest BCUT2D eigenvalue weighted by atomic mass is 9.87. The normalized spacial score (nSPS) is 11.4. The average Bonchev–Trinajstić information content (AvgIpc) is 3.32. The quantitative estimate of drug-likeness (QED) is 0.266. The number of rotatable bonds is 6. The molecule has 182 valence electrons. The Labute approximate surface area is 215 Å². The maximum Gasteiger partial charge on any atom is 0.255 e. The van der Waals surface area contributed by atoms with Gasteiger partial charge in [-0.1, -0.05) is 50.6 Å². The van der Waals surface area contributed by atoms with E-state index in [2.05, 4.69) is 31.4 Å². The van der Waals surface area contributed by atoms with E-state index in [0.717, 1.165) is 11.1 Å². The van der Waals surface area contributed by atoms with Crippen LogP contribution in [0.25, 0.3) is 17.4 Å². The van der Waals surface area contributed by atoms with Gasteiger partial charge in [0, 0.05) is 33.6 Å². The van der Waals surface area contributed by atoms with Crippen LogP contribution < -0.4 is 10.6 Å². The number of benzene rings is 3. The zero-order chi connectivity index (χ0) is 25.7. The van der Waals surface area contributed by atoms with Gasteiger partial charge in [0.2, 0.25) is 5.91 Å². The van der Waals surface area contributed by atoms with Crippen LogP contribution >= 0.6 is 11.6 Å². The molecule has 1 heterocycles. The van der Waals surface area contributed by atoms with Crippen LogP contribution in [-0.4, -0.2) is 11.8 Å². The summed E-state index contributed by atoms with van der Waals surface area (Å²) in [5, 5.41) is 6.33. The van der Waals surface area contributed by atoms with E-state index in [1.54, 1.807) is 48.5 Å². The highest BCUT2D eigenvalue weighted by Gasteiger charge is 2.14. The van der Waals surface area contributed by atoms with Crippen molar-refractivity contribution in [2.75, 3.05) is 10.6 Å². The van der Waals surface area contributed by atoms with Crippen LogP contribution in [0.5, 0.6) is 0 Å². The molecule has 0 aliphatic heterocycles. The number of carbonyl (C=O) groups is 2. The summed E-state index contributed by atoms with van der Waals surface area (Å²) in [5.74, 6) is 0.700. The summed E-state index contributed by atoms with van der Waals surface area (Å²) < 4.78 is 5.78. The van der Waals surface area contributed by atoms with Gasteiger partial charge in [-0.05, 0) is 83.8 Å². The number of amides is 2. The van der Waals surface area contributed by atoms with Gasteiger partial charge in [0.05, 0.1) is 0 Å². The predicted octanol–water partition coefficient (Wildman–Crippen LogP) is 7.80. The average molecular weight is 499 g/mol. The molecule has 4 rings (SSSR count). The molecular weight excluding hydrogens is 472 g/mol. The van der Waals surface area contributed by atoms with Gasteiger partial charge in [-0.15, -0.1) is 0 Å². The highest BCUT2D eigenvalue weighted by Crippen LogP contribution is 2.25. The Kier molecular flexibility index (Phi) is 7.41. The molecule has 5 nitrogen and oxygen atoms in total. The first kappa shape index (κ1) is 25.0. The third-order valence-electron chi connectivity index (χ3n) is 5.56. The van der Waals surface area contributed by atoms with Crippen LogP contribution in [0.1, 0.15) is 42.5 Å². The van der Waals surface area contributed by atoms with E-state index in [1.165, 1.54) is 6.08 Å². The number of hydrogen-bond donors (Lipinski definition) is 2. The first-order chi connectivity index (χ1) is 17.2. The van der Waals surface area contributed by atoms with E-state index in [0.29, 0.717) is 33.5 Å². The Morgan fingerprint density at radius 2 is 1.50 bits per heavy atom. The van der Waals surface area contributed by atoms with Crippen molar-refractivity contribution < 1.29 is 14.0 Å². The molecule has 0 saturated heterocycles. The molecule has 0 atom stereocenters. The van der Waals surface area contributed by atoms with Gasteiger partial charge in [-0.25, -0.2) is 0 Å². The largest absolute Gasteiger partial charge is 0.457 e. The number of hydrogen-bond acceptors (Lipinski definition) is 3. The van der Waals surface area contributed by atoms with Gasteiger partial charge in [-0.2, -0.15) is 0 Å². The van der Waals surface area contributed by atoms with Crippen molar-refractivity contribution in [3.05, 3.63) is 113 Å². The summed E-state index contributed by atoms with van der Waals surface area (Å²) in [5.41, 5.74) is 3.79. The second-order valence-electron chi connectivity index (χ2n) is 9.39. The van der Waals surface area contributed by atoms with Gasteiger partial charge in [0.25, 0.3) is 5.91 Å². The lowest BCUT2D eigenvalue weighted by molar-refractivity contribution is -0.111. The van der Waals surface area contributed by atoms with E-state index < -0.39 is 0 Å². The van der Waals surface area contributed by atoms with E-state index in [9.17, 15) is 9.59 Å². The maximum atomic E-state index is 12.7. The summed E-state index contributed by atoms with van der Waals surface area (Å²) in [6.07, 6.45) is 2.99. The molecule has 0 saturated carbocycles. The third-order valence-corrected chi connectivity index (χ3v) is 5.81. The van der Waals surface area contributed by atoms with Gasteiger partial charge < -0.3 is 15.1 Å². The highest BCUT2D eigenvalue weighted by atomic mass is 35.5. The zero-order valence-corrected chi connectivity index (χ0v) is 21.1. The van der Waals surface area contributed by atoms with E-state index in [1.807, 2.05) is 42.5 Å². The van der Waals surface area contributed by atoms with Crippen LogP contribution in [0.3, 0.4) is 0 Å². The summed E-state index contributed by atoms with van der Waals surface area (Å²) in [4.78, 5) is 25.1. The summed E-state index contributed by atoms with van der Waals surface area (Å²) in [6, 6.07) is 25.5. The minimum Gasteiger partial charge on any atom is -0.457 e. The number of carbonyl (C=O) groups excluding carboxylic acids is 2. The number of furan rings is 1. The molecule has 36 heavy (non-hydrogen) atoms. The number of anilines is 2. The van der Waals surface area contributed by atoms with E-state index >= 15 is 0 Å². The van der Waals surface area contributed by atoms with Crippen molar-refractivity contribution in [2.24, 2.45) is 0 Å². The monoisotopic (exact) mass is 498 g/mol. The fourth-order valence-electron chi connectivity index (χ4n) is 3.55. The first-order valence-electron chi connectivity index (χ1n) is 11.5. The van der Waals surface area contributed by atoms with Crippen molar-refractivity contribution in [2.45, 2.75) is 26.2 Å². The lowest BCUT2D eigenvalue weighted by Crippen LogP contribution is -2.14. The summed E-state index contributed by atoms with van der Waals surface area (Å²) >= 11 is 5.93. The Morgan fingerprint density at radius 1 is 0.833 bits per heavy atom. The van der Waals surface area contributed by atoms with Crippen molar-refractivity contribution >= 4 is 40.9 Å². The van der Waals surface area contributed by atoms with Gasteiger partial charge in [0.15, 0.2) is 0 Å². The minimum absolute atomic E-state index is 0.0198. The van der Waals surface area contributed by atoms with Gasteiger partial charge in [-0.3, -0.25) is 9.59 Å². The predicted molar refractivity (Wildman–Crippen MR) is 146 cm³/mol. The first-order valence-corrected chi connectivity index (χ1v) is 11.9. The van der Waals surface area contributed by atoms with Crippen molar-refractivity contribution in [1.82, 2.24) is 0 Å². The standard InChI is InChI=1S/C30H27ClN2O3/c1-30(2,3)22-11-7-21(8-12-22)29(35)33-25-6-4-5-24(19-25)32-28(34)18-16-26-15-17-27(36-26)20-9-13-23(31)14-10-20/h4-19H,1-3H3,(H,32,34)(H,33,35). The molecule has 1 aromatic heterocycles. The molecule has 4 aromatic rings. The van der Waals surface area contributed by atoms with Crippen LogP contribution in [-0.2, 0) is 10.2 Å². The van der Waals surface area contributed by atoms with E-state index in [-0.39, 0.29) is 17.2 Å². The van der Waals surface area contributed by atoms with E-state index in [4.69, 9.17) is 16.0 Å². The van der Waals surface area contributed by atoms with Crippen molar-refractivity contribution in [1.29, 1.82) is 0 Å². The van der Waals surface area contributed by atoms with Crippen LogP contribution in [0.2, 0.25) is 5.02 Å². The third kappa shape index (κ3) is 6.52. The SMILES string of the molecule is CC(C)(C)c1ccc(C(=O)Nc2cccc(NC(=O)C=Cc3ccc(-c4ccc(Cl)cc4)o3)c2)cc1. The second kappa shape index (κ2) is 10.7. The molecule has 0 radical (unpaired) electrons. The zero-order valence-electron chi connectivity index (χ0n) is 20.3. The highest BCUT2D eigenvalue weighted by molar-refractivity contribution is 6.30. The van der Waals surface area contributed by atoms with Crippen molar-refractivity contribution in [3.63, 3.8) is 0 Å². The smallest absolute Gasteiger partial charge is 0.255 e. The molecule has 0 aliphatic carbocycles. The van der Waals surface area contributed by atoms with Crippen LogP contribution in [0.15, 0.2) is 95.4 Å². The molecule has 6 heteroatoms. The molecular formula is C30H27ClN2O3. The molecule has 0 fully saturated rings. The van der Waals surface area contributed by atoms with Gasteiger partial charge in [0.1, 0.15) is 11.5 Å². The Balaban J connectivity index is 1.36. The van der Waals surface area contributed by atoms with Crippen LogP contribution in [0, 0.1) is 0 Å². The second-order valence-corrected chi connectivity index (χ2v) is 9.83. The Hall–Kier alpha value is -4.09. The number of halogens is 1. The van der Waals surface area contributed by atoms with Crippen LogP contribution in [0.4, 0.5) is 11.4 Å². The Bertz CT molecular complexity index is 1400. The minimum atomic E-state index is -0.319. The fraction of sp³-hybridized carbons (Fsp3) is 0.133. The fourth-order valence-corrected chi connectivity index (χ4v) is 3.68.